The molecule has 4 atom stereocenters. The van der Waals surface area contributed by atoms with Crippen molar-refractivity contribution in [1.29, 1.82) is 0 Å². The van der Waals surface area contributed by atoms with Crippen molar-refractivity contribution < 1.29 is 4.79 Å². The van der Waals surface area contributed by atoms with Crippen LogP contribution in [0, 0.1) is 17.8 Å². The van der Waals surface area contributed by atoms with Crippen molar-refractivity contribution in [3.63, 3.8) is 0 Å². The number of hydrogen-bond acceptors (Lipinski definition) is 2. The summed E-state index contributed by atoms with van der Waals surface area (Å²) in [7, 11) is 0. The van der Waals surface area contributed by atoms with Gasteiger partial charge >= 0.3 is 0 Å². The highest BCUT2D eigenvalue weighted by atomic mass is 16.1. The average molecular weight is 320 g/mol. The van der Waals surface area contributed by atoms with Crippen LogP contribution in [0.4, 0.5) is 0 Å². The lowest BCUT2D eigenvalue weighted by Crippen LogP contribution is -2.31. The van der Waals surface area contributed by atoms with Gasteiger partial charge in [-0.05, 0) is 60.3 Å². The predicted molar refractivity (Wildman–Crippen MR) is 94.2 cm³/mol. The average Bonchev–Trinajstić information content (AvgIpc) is 3.24. The van der Waals surface area contributed by atoms with Crippen molar-refractivity contribution in [2.45, 2.75) is 38.1 Å². The van der Waals surface area contributed by atoms with Crippen LogP contribution in [0.2, 0.25) is 0 Å². The molecule has 1 amide bonds. The van der Waals surface area contributed by atoms with Gasteiger partial charge in [0.05, 0.1) is 6.04 Å². The van der Waals surface area contributed by atoms with E-state index in [2.05, 4.69) is 22.4 Å². The van der Waals surface area contributed by atoms with Gasteiger partial charge in [0.15, 0.2) is 0 Å². The molecule has 2 aromatic rings. The summed E-state index contributed by atoms with van der Waals surface area (Å²) in [6.45, 7) is 0. The van der Waals surface area contributed by atoms with E-state index in [-0.39, 0.29) is 11.9 Å². The molecule has 3 heteroatoms. The second-order valence-electron chi connectivity index (χ2n) is 7.33. The highest BCUT2D eigenvalue weighted by Crippen LogP contribution is 2.49. The molecule has 2 fully saturated rings. The lowest BCUT2D eigenvalue weighted by Gasteiger charge is -2.24. The molecule has 24 heavy (non-hydrogen) atoms. The van der Waals surface area contributed by atoms with E-state index in [0.29, 0.717) is 12.3 Å². The van der Waals surface area contributed by atoms with Gasteiger partial charge in [0.1, 0.15) is 0 Å². The molecule has 0 radical (unpaired) electrons. The molecule has 0 spiro atoms. The zero-order chi connectivity index (χ0) is 16.4. The van der Waals surface area contributed by atoms with E-state index >= 15 is 0 Å². The summed E-state index contributed by atoms with van der Waals surface area (Å²) in [4.78, 5) is 16.8. The minimum atomic E-state index is -0.0970. The maximum atomic E-state index is 12.7. The Hall–Kier alpha value is -2.16. The summed E-state index contributed by atoms with van der Waals surface area (Å²) in [5, 5.41) is 3.27. The number of fused-ring (bicyclic) bond motifs is 2. The summed E-state index contributed by atoms with van der Waals surface area (Å²) in [6, 6.07) is 14.1. The molecule has 1 aromatic heterocycles. The fourth-order valence-corrected chi connectivity index (χ4v) is 4.65. The lowest BCUT2D eigenvalue weighted by atomic mass is 9.86. The Morgan fingerprint density at radius 2 is 1.79 bits per heavy atom. The summed E-state index contributed by atoms with van der Waals surface area (Å²) in [6.07, 6.45) is 9.56. The summed E-state index contributed by atoms with van der Waals surface area (Å²) < 4.78 is 0. The topological polar surface area (TPSA) is 42.0 Å². The summed E-state index contributed by atoms with van der Waals surface area (Å²) in [5.41, 5.74) is 2.20. The monoisotopic (exact) mass is 320 g/mol. The molecule has 124 valence electrons. The van der Waals surface area contributed by atoms with E-state index in [9.17, 15) is 4.79 Å². The molecule has 2 saturated carbocycles. The Labute approximate surface area is 143 Å². The van der Waals surface area contributed by atoms with Crippen LogP contribution in [0.25, 0.3) is 0 Å². The molecular weight excluding hydrogens is 296 g/mol. The third-order valence-corrected chi connectivity index (χ3v) is 5.81. The van der Waals surface area contributed by atoms with Crippen LogP contribution in [0.15, 0.2) is 54.9 Å². The van der Waals surface area contributed by atoms with Crippen LogP contribution in [-0.4, -0.2) is 10.9 Å². The van der Waals surface area contributed by atoms with E-state index in [0.717, 1.165) is 23.0 Å². The summed E-state index contributed by atoms with van der Waals surface area (Å²) in [5.74, 6) is 2.45. The number of benzene rings is 1. The van der Waals surface area contributed by atoms with Crippen molar-refractivity contribution in [1.82, 2.24) is 10.3 Å². The molecule has 1 aromatic carbocycles. The Morgan fingerprint density at radius 3 is 2.46 bits per heavy atom. The van der Waals surface area contributed by atoms with Gasteiger partial charge < -0.3 is 5.32 Å². The van der Waals surface area contributed by atoms with Gasteiger partial charge in [-0.15, -0.1) is 0 Å². The Morgan fingerprint density at radius 1 is 1.04 bits per heavy atom. The third-order valence-electron chi connectivity index (χ3n) is 5.81. The number of nitrogens with zero attached hydrogens (tertiary/aromatic N) is 1. The maximum absolute atomic E-state index is 12.7. The van der Waals surface area contributed by atoms with Gasteiger partial charge in [-0.3, -0.25) is 9.78 Å². The van der Waals surface area contributed by atoms with E-state index < -0.39 is 0 Å². The predicted octanol–water partition coefficient (Wildman–Crippen LogP) is 4.11. The molecule has 0 aliphatic heterocycles. The normalized spacial score (nSPS) is 26.2. The van der Waals surface area contributed by atoms with Gasteiger partial charge in [0.2, 0.25) is 5.91 Å². The zero-order valence-corrected chi connectivity index (χ0v) is 13.9. The number of nitrogens with one attached hydrogen (secondary N) is 1. The minimum Gasteiger partial charge on any atom is -0.345 e. The molecule has 4 rings (SSSR count). The van der Waals surface area contributed by atoms with Gasteiger partial charge in [0, 0.05) is 18.8 Å². The Balaban J connectivity index is 1.48. The van der Waals surface area contributed by atoms with E-state index in [1.54, 1.807) is 12.4 Å². The fourth-order valence-electron chi connectivity index (χ4n) is 4.65. The molecule has 2 bridgehead atoms. The number of pyridine rings is 1. The first kappa shape index (κ1) is 15.4. The van der Waals surface area contributed by atoms with E-state index in [1.807, 2.05) is 30.3 Å². The highest BCUT2D eigenvalue weighted by Gasteiger charge is 2.40. The smallest absolute Gasteiger partial charge is 0.221 e. The number of carbonyl (C=O) groups excluding carboxylic acids is 1. The highest BCUT2D eigenvalue weighted by molar-refractivity contribution is 5.77. The molecule has 3 nitrogen and oxygen atoms in total. The van der Waals surface area contributed by atoms with Crippen molar-refractivity contribution in [2.75, 3.05) is 0 Å². The fraction of sp³-hybridized carbons (Fsp3) is 0.429. The number of rotatable bonds is 5. The molecular formula is C21H24N2O. The molecule has 0 saturated heterocycles. The van der Waals surface area contributed by atoms with Crippen LogP contribution in [0.3, 0.4) is 0 Å². The van der Waals surface area contributed by atoms with Crippen LogP contribution in [0.5, 0.6) is 0 Å². The standard InChI is InChI=1S/C21H24N2O/c24-20(14-19-13-15-6-7-18(19)12-15)23-21(16-4-2-1-3-5-16)17-8-10-22-11-9-17/h1-5,8-11,15,18-19,21H,6-7,12-14H2,(H,23,24)/t15-,18-,19-,21+/m0/s1. The van der Waals surface area contributed by atoms with Gasteiger partial charge in [-0.25, -0.2) is 0 Å². The third kappa shape index (κ3) is 3.21. The van der Waals surface area contributed by atoms with Gasteiger partial charge in [0.25, 0.3) is 0 Å². The molecule has 1 N–H and O–H groups in total. The van der Waals surface area contributed by atoms with Crippen molar-refractivity contribution >= 4 is 5.91 Å². The van der Waals surface area contributed by atoms with Crippen LogP contribution < -0.4 is 5.32 Å². The first-order chi connectivity index (χ1) is 11.8. The first-order valence-electron chi connectivity index (χ1n) is 9.04. The minimum absolute atomic E-state index is 0.0970. The second kappa shape index (κ2) is 6.76. The first-order valence-corrected chi connectivity index (χ1v) is 9.04. The van der Waals surface area contributed by atoms with E-state index in [4.69, 9.17) is 0 Å². The molecule has 2 aliphatic carbocycles. The molecule has 0 unspecified atom stereocenters. The Bertz CT molecular complexity index is 646. The molecule has 2 aliphatic rings. The van der Waals surface area contributed by atoms with Crippen LogP contribution in [0.1, 0.15) is 49.3 Å². The SMILES string of the molecule is O=C(C[C@@H]1C[C@H]2CC[C@H]1C2)N[C@H](c1ccccc1)c1ccncc1. The zero-order valence-electron chi connectivity index (χ0n) is 13.9. The number of aromatic nitrogens is 1. The Kier molecular flexibility index (Phi) is 4.33. The van der Waals surface area contributed by atoms with E-state index in [1.165, 1.54) is 25.7 Å². The summed E-state index contributed by atoms with van der Waals surface area (Å²) >= 11 is 0. The number of carbonyl (C=O) groups is 1. The van der Waals surface area contributed by atoms with Gasteiger partial charge in [-0.2, -0.15) is 0 Å². The number of amides is 1. The lowest BCUT2D eigenvalue weighted by molar-refractivity contribution is -0.122. The van der Waals surface area contributed by atoms with Crippen molar-refractivity contribution in [3.05, 3.63) is 66.0 Å². The quantitative estimate of drug-likeness (QED) is 0.900. The largest absolute Gasteiger partial charge is 0.345 e. The van der Waals surface area contributed by atoms with Gasteiger partial charge in [-0.1, -0.05) is 36.8 Å². The van der Waals surface area contributed by atoms with Crippen molar-refractivity contribution in [3.8, 4) is 0 Å². The van der Waals surface area contributed by atoms with Crippen molar-refractivity contribution in [2.24, 2.45) is 17.8 Å². The van der Waals surface area contributed by atoms with Crippen LogP contribution >= 0.6 is 0 Å². The van der Waals surface area contributed by atoms with Crippen LogP contribution in [-0.2, 0) is 4.79 Å². The second-order valence-corrected chi connectivity index (χ2v) is 7.33. The maximum Gasteiger partial charge on any atom is 0.221 e. The number of hydrogen-bond donors (Lipinski definition) is 1. The molecule has 1 heterocycles.